The second-order valence-corrected chi connectivity index (χ2v) is 9.69. The summed E-state index contributed by atoms with van der Waals surface area (Å²) in [6.07, 6.45) is 3.20. The van der Waals surface area contributed by atoms with Crippen LogP contribution in [0.5, 0.6) is 0 Å². The number of carboxylic acid groups (broad SMARTS) is 1. The SMILES string of the molecule is CO/N=C(\C(=O)N[C@@H]1C(=O)N2C(C(=O)O)=C(Cn3cc[n+]4nc(F)ccc34)CS[C@H]12)c1csc(N)n1. The van der Waals surface area contributed by atoms with Gasteiger partial charge in [0, 0.05) is 28.8 Å². The fourth-order valence-corrected chi connectivity index (χ4v) is 5.89. The maximum Gasteiger partial charge on any atom is 0.352 e. The van der Waals surface area contributed by atoms with Gasteiger partial charge in [-0.3, -0.25) is 14.5 Å². The minimum Gasteiger partial charge on any atom is -0.477 e. The number of anilines is 1. The van der Waals surface area contributed by atoms with E-state index in [9.17, 15) is 23.9 Å². The Morgan fingerprint density at radius 3 is 2.94 bits per heavy atom. The van der Waals surface area contributed by atoms with Crippen LogP contribution >= 0.6 is 23.1 Å². The summed E-state index contributed by atoms with van der Waals surface area (Å²) in [6, 6.07) is 1.76. The van der Waals surface area contributed by atoms with Gasteiger partial charge in [0.05, 0.1) is 0 Å². The predicted molar refractivity (Wildman–Crippen MR) is 125 cm³/mol. The number of carboxylic acids is 1. The van der Waals surface area contributed by atoms with Crippen LogP contribution in [0, 0.1) is 5.95 Å². The number of aliphatic carboxylic acids is 1. The molecule has 186 valence electrons. The highest BCUT2D eigenvalue weighted by Crippen LogP contribution is 2.40. The molecule has 2 atom stereocenters. The number of nitrogens with zero attached hydrogens (tertiary/aromatic N) is 6. The van der Waals surface area contributed by atoms with E-state index in [1.165, 1.54) is 45.8 Å². The smallest absolute Gasteiger partial charge is 0.352 e. The predicted octanol–water partition coefficient (Wildman–Crippen LogP) is -0.411. The van der Waals surface area contributed by atoms with Crippen molar-refractivity contribution in [3.05, 3.63) is 52.8 Å². The molecule has 0 aromatic carbocycles. The summed E-state index contributed by atoms with van der Waals surface area (Å²) in [5, 5.41) is 21.1. The van der Waals surface area contributed by atoms with Crippen LogP contribution in [0.2, 0.25) is 0 Å². The molecule has 0 spiro atoms. The number of thiazole rings is 1. The standard InChI is InChI=1S/C20H17FN8O5S2/c1-34-26-13(10-8-36-20(22)23-10)16(30)24-14-17(31)29-15(19(32)33)9(7-35-18(14)29)6-27-4-5-28-12(27)3-2-11(21)25-28/h2-5,8,14,18H,6-7H2,1H3,(H3-,22,23,24,30,32,33)/p+1/b26-13-/t14-,18-/m1/s1. The van der Waals surface area contributed by atoms with Crippen molar-refractivity contribution in [2.45, 2.75) is 18.0 Å². The molecule has 0 saturated carbocycles. The Morgan fingerprint density at radius 1 is 1.44 bits per heavy atom. The van der Waals surface area contributed by atoms with Crippen molar-refractivity contribution in [1.82, 2.24) is 24.9 Å². The molecule has 5 heterocycles. The van der Waals surface area contributed by atoms with Crippen molar-refractivity contribution in [1.29, 1.82) is 0 Å². The zero-order chi connectivity index (χ0) is 25.6. The summed E-state index contributed by atoms with van der Waals surface area (Å²) in [6.45, 7) is 0.155. The molecule has 2 aliphatic rings. The van der Waals surface area contributed by atoms with Gasteiger partial charge in [-0.1, -0.05) is 9.67 Å². The van der Waals surface area contributed by atoms with Gasteiger partial charge in [-0.2, -0.15) is 4.39 Å². The maximum atomic E-state index is 13.4. The number of nitrogens with two attached hydrogens (primary N) is 1. The number of β-lactam (4-membered cyclic amide) rings is 1. The summed E-state index contributed by atoms with van der Waals surface area (Å²) in [7, 11) is 1.26. The minimum atomic E-state index is -1.26. The van der Waals surface area contributed by atoms with E-state index in [4.69, 9.17) is 10.6 Å². The van der Waals surface area contributed by atoms with Crippen molar-refractivity contribution in [2.24, 2.45) is 5.16 Å². The van der Waals surface area contributed by atoms with Crippen LogP contribution < -0.4 is 15.6 Å². The lowest BCUT2D eigenvalue weighted by Crippen LogP contribution is -2.71. The molecule has 3 aromatic rings. The van der Waals surface area contributed by atoms with Gasteiger partial charge in [0.25, 0.3) is 17.8 Å². The van der Waals surface area contributed by atoms with E-state index in [0.717, 1.165) is 11.3 Å². The van der Waals surface area contributed by atoms with E-state index >= 15 is 0 Å². The first-order valence-corrected chi connectivity index (χ1v) is 12.3. The molecule has 0 radical (unpaired) electrons. The molecule has 16 heteroatoms. The maximum absolute atomic E-state index is 13.4. The van der Waals surface area contributed by atoms with E-state index in [1.807, 2.05) is 0 Å². The molecule has 5 rings (SSSR count). The number of carbonyl (C=O) groups excluding carboxylic acids is 2. The molecule has 4 N–H and O–H groups in total. The molecule has 1 saturated heterocycles. The number of carbonyl (C=O) groups is 3. The summed E-state index contributed by atoms with van der Waals surface area (Å²) >= 11 is 2.43. The number of rotatable bonds is 7. The van der Waals surface area contributed by atoms with Crippen molar-refractivity contribution < 1.29 is 33.2 Å². The van der Waals surface area contributed by atoms with Crippen LogP contribution in [-0.4, -0.2) is 72.4 Å². The zero-order valence-electron chi connectivity index (χ0n) is 18.5. The number of halogens is 1. The highest BCUT2D eigenvalue weighted by atomic mass is 32.2. The van der Waals surface area contributed by atoms with Gasteiger partial charge < -0.3 is 21.0 Å². The van der Waals surface area contributed by atoms with Crippen LogP contribution in [0.25, 0.3) is 5.65 Å². The Kier molecular flexibility index (Phi) is 6.05. The van der Waals surface area contributed by atoms with Gasteiger partial charge in [-0.25, -0.2) is 14.3 Å². The number of nitrogens with one attached hydrogen (secondary N) is 1. The van der Waals surface area contributed by atoms with E-state index in [-0.39, 0.29) is 28.8 Å². The fourth-order valence-electron chi connectivity index (χ4n) is 4.01. The molecule has 0 bridgehead atoms. The lowest BCUT2D eigenvalue weighted by Gasteiger charge is -2.49. The number of oxime groups is 1. The monoisotopic (exact) mass is 533 g/mol. The van der Waals surface area contributed by atoms with Gasteiger partial charge in [0.2, 0.25) is 0 Å². The number of fused-ring (bicyclic) bond motifs is 2. The molecule has 1 fully saturated rings. The average molecular weight is 534 g/mol. The zero-order valence-corrected chi connectivity index (χ0v) is 20.1. The van der Waals surface area contributed by atoms with E-state index in [0.29, 0.717) is 17.0 Å². The van der Waals surface area contributed by atoms with Gasteiger partial charge in [-0.15, -0.1) is 23.1 Å². The molecule has 0 unspecified atom stereocenters. The molecule has 2 amide bonds. The number of amides is 2. The summed E-state index contributed by atoms with van der Waals surface area (Å²) in [5.74, 6) is -2.89. The van der Waals surface area contributed by atoms with Crippen LogP contribution in [0.3, 0.4) is 0 Å². The van der Waals surface area contributed by atoms with Crippen molar-refractivity contribution in [3.63, 3.8) is 0 Å². The molecule has 36 heavy (non-hydrogen) atoms. The van der Waals surface area contributed by atoms with Gasteiger partial charge >= 0.3 is 11.6 Å². The topological polar surface area (TPSA) is 169 Å². The largest absolute Gasteiger partial charge is 0.477 e. The Hall–Kier alpha value is -4.05. The number of hydrogen-bond donors (Lipinski definition) is 3. The van der Waals surface area contributed by atoms with Crippen molar-refractivity contribution >= 4 is 57.4 Å². The van der Waals surface area contributed by atoms with E-state index in [2.05, 4.69) is 20.6 Å². The van der Waals surface area contributed by atoms with E-state index in [1.54, 1.807) is 17.0 Å². The third-order valence-corrected chi connectivity index (χ3v) is 7.56. The number of aromatic nitrogens is 4. The van der Waals surface area contributed by atoms with Gasteiger partial charge in [0.1, 0.15) is 42.7 Å². The highest BCUT2D eigenvalue weighted by Gasteiger charge is 2.54. The summed E-state index contributed by atoms with van der Waals surface area (Å²) in [5.41, 5.74) is 6.56. The number of imidazole rings is 1. The van der Waals surface area contributed by atoms with Crippen LogP contribution in [0.1, 0.15) is 5.69 Å². The Balaban J connectivity index is 1.37. The lowest BCUT2D eigenvalue weighted by atomic mass is 10.0. The average Bonchev–Trinajstić information content (AvgIpc) is 3.45. The first-order chi connectivity index (χ1) is 17.3. The number of hydrogen-bond acceptors (Lipinski definition) is 10. The van der Waals surface area contributed by atoms with Crippen molar-refractivity contribution in [3.8, 4) is 0 Å². The molecule has 2 aliphatic heterocycles. The number of nitrogen functional groups attached to an aromatic ring is 1. The quantitative estimate of drug-likeness (QED) is 0.158. The second kappa shape index (κ2) is 9.19. The molecular weight excluding hydrogens is 515 g/mol. The lowest BCUT2D eigenvalue weighted by molar-refractivity contribution is -0.583. The van der Waals surface area contributed by atoms with Gasteiger partial charge in [-0.05, 0) is 5.10 Å². The minimum absolute atomic E-state index is 0.144. The molecular formula is C20H18FN8O5S2+. The second-order valence-electron chi connectivity index (χ2n) is 7.70. The molecule has 13 nitrogen and oxygen atoms in total. The molecule has 3 aromatic heterocycles. The Morgan fingerprint density at radius 2 is 2.25 bits per heavy atom. The Bertz CT molecular complexity index is 1470. The third kappa shape index (κ3) is 4.03. The fraction of sp³-hybridized carbons (Fsp3) is 0.250. The molecule has 0 aliphatic carbocycles. The first-order valence-electron chi connectivity index (χ1n) is 10.3. The van der Waals surface area contributed by atoms with Crippen LogP contribution in [0.4, 0.5) is 9.52 Å². The third-order valence-electron chi connectivity index (χ3n) is 5.55. The number of thioether (sulfide) groups is 1. The highest BCUT2D eigenvalue weighted by molar-refractivity contribution is 8.00. The van der Waals surface area contributed by atoms with E-state index < -0.39 is 35.1 Å². The summed E-state index contributed by atoms with van der Waals surface area (Å²) < 4.78 is 16.5. The van der Waals surface area contributed by atoms with Crippen LogP contribution in [-0.2, 0) is 25.8 Å². The van der Waals surface area contributed by atoms with Crippen LogP contribution in [0.15, 0.2) is 46.3 Å². The Labute approximate surface area is 210 Å². The normalized spacial score (nSPS) is 19.8. The first kappa shape index (κ1) is 23.7. The summed E-state index contributed by atoms with van der Waals surface area (Å²) in [4.78, 5) is 48.0. The van der Waals surface area contributed by atoms with Gasteiger partial charge in [0.15, 0.2) is 17.0 Å². The van der Waals surface area contributed by atoms with Crippen molar-refractivity contribution in [2.75, 3.05) is 18.6 Å².